The highest BCUT2D eigenvalue weighted by atomic mass is 19.1. The van der Waals surface area contributed by atoms with Gasteiger partial charge in [-0.05, 0) is 62.1 Å². The van der Waals surface area contributed by atoms with Gasteiger partial charge in [0, 0.05) is 6.04 Å². The van der Waals surface area contributed by atoms with Crippen LogP contribution in [0.4, 0.5) is 10.1 Å². The number of anilines is 1. The first-order valence-electron chi connectivity index (χ1n) is 7.67. The lowest BCUT2D eigenvalue weighted by Crippen LogP contribution is -2.31. The molecule has 106 valence electrons. The van der Waals surface area contributed by atoms with E-state index in [1.807, 2.05) is 0 Å². The van der Waals surface area contributed by atoms with Crippen LogP contribution in [0.15, 0.2) is 18.2 Å². The zero-order chi connectivity index (χ0) is 14.0. The van der Waals surface area contributed by atoms with Crippen molar-refractivity contribution in [2.45, 2.75) is 57.4 Å². The molecule has 0 atom stereocenters. The Morgan fingerprint density at radius 3 is 2.50 bits per heavy atom. The molecular formula is C17H21FN2. The first kappa shape index (κ1) is 13.4. The Labute approximate surface area is 120 Å². The molecule has 0 unspecified atom stereocenters. The van der Waals surface area contributed by atoms with Crippen LogP contribution in [0.25, 0.3) is 0 Å². The number of halogens is 1. The van der Waals surface area contributed by atoms with Crippen molar-refractivity contribution in [3.63, 3.8) is 0 Å². The number of rotatable bonds is 2. The van der Waals surface area contributed by atoms with Gasteiger partial charge in [-0.25, -0.2) is 4.39 Å². The van der Waals surface area contributed by atoms with Gasteiger partial charge in [0.2, 0.25) is 0 Å². The van der Waals surface area contributed by atoms with E-state index < -0.39 is 0 Å². The maximum atomic E-state index is 13.1. The summed E-state index contributed by atoms with van der Waals surface area (Å²) in [6.45, 7) is 0. The minimum atomic E-state index is -0.347. The van der Waals surface area contributed by atoms with Gasteiger partial charge in [-0.3, -0.25) is 0 Å². The smallest absolute Gasteiger partial charge is 0.124 e. The van der Waals surface area contributed by atoms with Crippen LogP contribution in [0.2, 0.25) is 0 Å². The third-order valence-corrected chi connectivity index (χ3v) is 5.17. The van der Waals surface area contributed by atoms with Crippen molar-refractivity contribution in [3.8, 4) is 6.07 Å². The van der Waals surface area contributed by atoms with Gasteiger partial charge in [-0.1, -0.05) is 12.8 Å². The van der Waals surface area contributed by atoms with E-state index in [0.29, 0.717) is 17.0 Å². The molecule has 2 aliphatic carbocycles. The summed E-state index contributed by atoms with van der Waals surface area (Å²) in [5.74, 6) is -0.347. The monoisotopic (exact) mass is 272 g/mol. The Morgan fingerprint density at radius 2 is 1.85 bits per heavy atom. The number of nitrogens with one attached hydrogen (secondary N) is 1. The second-order valence-corrected chi connectivity index (χ2v) is 6.43. The van der Waals surface area contributed by atoms with Crippen LogP contribution in [-0.4, -0.2) is 6.04 Å². The third-order valence-electron chi connectivity index (χ3n) is 5.17. The van der Waals surface area contributed by atoms with Gasteiger partial charge in [0.15, 0.2) is 0 Å². The minimum Gasteiger partial charge on any atom is -0.381 e. The molecular weight excluding hydrogens is 251 g/mol. The third kappa shape index (κ3) is 2.65. The van der Waals surface area contributed by atoms with Gasteiger partial charge >= 0.3 is 0 Å². The van der Waals surface area contributed by atoms with Crippen LogP contribution in [0.5, 0.6) is 0 Å². The lowest BCUT2D eigenvalue weighted by Gasteiger charge is -2.38. The molecule has 2 saturated carbocycles. The lowest BCUT2D eigenvalue weighted by atomic mass is 9.71. The van der Waals surface area contributed by atoms with Gasteiger partial charge in [-0.2, -0.15) is 5.26 Å². The maximum Gasteiger partial charge on any atom is 0.124 e. The van der Waals surface area contributed by atoms with Gasteiger partial charge in [-0.15, -0.1) is 0 Å². The quantitative estimate of drug-likeness (QED) is 0.853. The average molecular weight is 272 g/mol. The van der Waals surface area contributed by atoms with Crippen LogP contribution in [0.1, 0.15) is 56.9 Å². The van der Waals surface area contributed by atoms with E-state index >= 15 is 0 Å². The van der Waals surface area contributed by atoms with E-state index in [4.69, 9.17) is 5.26 Å². The zero-order valence-corrected chi connectivity index (χ0v) is 11.8. The molecule has 1 N–H and O–H groups in total. The summed E-state index contributed by atoms with van der Waals surface area (Å²) in [7, 11) is 0. The number of nitrogens with zero attached hydrogens (tertiary/aromatic N) is 1. The van der Waals surface area contributed by atoms with Crippen molar-refractivity contribution in [1.82, 2.24) is 0 Å². The minimum absolute atomic E-state index is 0.347. The molecule has 0 radical (unpaired) electrons. The SMILES string of the molecule is N#Cc1cc(F)ccc1NC1CCC2(CCCC2)CC1. The van der Waals surface area contributed by atoms with Gasteiger partial charge < -0.3 is 5.32 Å². The molecule has 1 spiro atoms. The van der Waals surface area contributed by atoms with Crippen molar-refractivity contribution in [2.75, 3.05) is 5.32 Å². The second-order valence-electron chi connectivity index (χ2n) is 6.43. The predicted octanol–water partition coefficient (Wildman–Crippen LogP) is 4.61. The second kappa shape index (κ2) is 5.44. The molecule has 2 nitrogen and oxygen atoms in total. The Bertz CT molecular complexity index is 516. The van der Waals surface area contributed by atoms with Gasteiger partial charge in [0.05, 0.1) is 11.3 Å². The molecule has 0 aromatic heterocycles. The average Bonchev–Trinajstić information content (AvgIpc) is 2.92. The highest BCUT2D eigenvalue weighted by molar-refractivity contribution is 5.57. The predicted molar refractivity (Wildman–Crippen MR) is 77.9 cm³/mol. The van der Waals surface area contributed by atoms with E-state index in [9.17, 15) is 4.39 Å². The molecule has 3 rings (SSSR count). The Hall–Kier alpha value is -1.56. The molecule has 0 aliphatic heterocycles. The van der Waals surface area contributed by atoms with E-state index in [-0.39, 0.29) is 5.82 Å². The van der Waals surface area contributed by atoms with Crippen molar-refractivity contribution < 1.29 is 4.39 Å². The van der Waals surface area contributed by atoms with Crippen LogP contribution >= 0.6 is 0 Å². The molecule has 1 aromatic rings. The van der Waals surface area contributed by atoms with Crippen LogP contribution in [-0.2, 0) is 0 Å². The number of nitriles is 1. The Kier molecular flexibility index (Phi) is 3.65. The topological polar surface area (TPSA) is 35.8 Å². The Balaban J connectivity index is 1.64. The van der Waals surface area contributed by atoms with E-state index in [1.165, 1.54) is 63.5 Å². The van der Waals surface area contributed by atoms with Crippen molar-refractivity contribution in [3.05, 3.63) is 29.6 Å². The van der Waals surface area contributed by atoms with E-state index in [2.05, 4.69) is 11.4 Å². The molecule has 0 saturated heterocycles. The van der Waals surface area contributed by atoms with Gasteiger partial charge in [0.1, 0.15) is 11.9 Å². The normalized spacial score (nSPS) is 21.8. The van der Waals surface area contributed by atoms with E-state index in [0.717, 1.165) is 5.69 Å². The molecule has 0 amide bonds. The lowest BCUT2D eigenvalue weighted by molar-refractivity contribution is 0.188. The maximum absolute atomic E-state index is 13.1. The van der Waals surface area contributed by atoms with Crippen molar-refractivity contribution >= 4 is 5.69 Å². The first-order valence-corrected chi connectivity index (χ1v) is 7.67. The fraction of sp³-hybridized carbons (Fsp3) is 0.588. The zero-order valence-electron chi connectivity index (χ0n) is 11.8. The van der Waals surface area contributed by atoms with Crippen molar-refractivity contribution in [1.29, 1.82) is 5.26 Å². The van der Waals surface area contributed by atoms with Crippen LogP contribution in [0.3, 0.4) is 0 Å². The molecule has 0 bridgehead atoms. The molecule has 2 aliphatic rings. The first-order chi connectivity index (χ1) is 9.71. The fourth-order valence-corrected chi connectivity index (χ4v) is 3.95. The number of hydrogen-bond donors (Lipinski definition) is 1. The van der Waals surface area contributed by atoms with Crippen molar-refractivity contribution in [2.24, 2.45) is 5.41 Å². The van der Waals surface area contributed by atoms with Crippen LogP contribution < -0.4 is 5.32 Å². The largest absolute Gasteiger partial charge is 0.381 e. The summed E-state index contributed by atoms with van der Waals surface area (Å²) in [5, 5.41) is 12.5. The highest BCUT2D eigenvalue weighted by Gasteiger charge is 2.37. The molecule has 20 heavy (non-hydrogen) atoms. The molecule has 2 fully saturated rings. The molecule has 0 heterocycles. The molecule has 1 aromatic carbocycles. The van der Waals surface area contributed by atoms with E-state index in [1.54, 1.807) is 6.07 Å². The number of benzene rings is 1. The summed E-state index contributed by atoms with van der Waals surface area (Å²) < 4.78 is 13.1. The van der Waals surface area contributed by atoms with Crippen LogP contribution in [0, 0.1) is 22.6 Å². The Morgan fingerprint density at radius 1 is 1.15 bits per heavy atom. The summed E-state index contributed by atoms with van der Waals surface area (Å²) in [4.78, 5) is 0. The summed E-state index contributed by atoms with van der Waals surface area (Å²) >= 11 is 0. The summed E-state index contributed by atoms with van der Waals surface area (Å²) in [5.41, 5.74) is 1.81. The highest BCUT2D eigenvalue weighted by Crippen LogP contribution is 2.49. The summed E-state index contributed by atoms with van der Waals surface area (Å²) in [6.07, 6.45) is 10.5. The fourth-order valence-electron chi connectivity index (χ4n) is 3.95. The molecule has 3 heteroatoms. The summed E-state index contributed by atoms with van der Waals surface area (Å²) in [6, 6.07) is 6.92. The van der Waals surface area contributed by atoms with Gasteiger partial charge in [0.25, 0.3) is 0 Å². The standard InChI is InChI=1S/C17H21FN2/c18-14-3-4-16(13(11-14)12-19)20-15-5-9-17(10-6-15)7-1-2-8-17/h3-4,11,15,20H,1-2,5-10H2. The number of hydrogen-bond acceptors (Lipinski definition) is 2.